The van der Waals surface area contributed by atoms with E-state index >= 15 is 0 Å². The fourth-order valence-electron chi connectivity index (χ4n) is 5.47. The lowest BCUT2D eigenvalue weighted by molar-refractivity contribution is -0.137. The zero-order valence-electron chi connectivity index (χ0n) is 25.2. The topological polar surface area (TPSA) is 90.5 Å². The molecule has 0 heterocycles. The van der Waals surface area contributed by atoms with Crippen molar-refractivity contribution in [3.05, 3.63) is 142 Å². The van der Waals surface area contributed by atoms with Gasteiger partial charge in [0.1, 0.15) is 5.82 Å². The minimum absolute atomic E-state index is 0.0739. The first-order chi connectivity index (χ1) is 21.9. The molecule has 240 valence electrons. The Morgan fingerprint density at radius 3 is 2.04 bits per heavy atom. The van der Waals surface area contributed by atoms with Gasteiger partial charge in [0.05, 0.1) is 23.8 Å². The number of benzene rings is 4. The van der Waals surface area contributed by atoms with Crippen LogP contribution >= 0.6 is 0 Å². The van der Waals surface area contributed by atoms with Gasteiger partial charge in [-0.2, -0.15) is 13.2 Å². The summed E-state index contributed by atoms with van der Waals surface area (Å²) in [6.45, 7) is 1.79. The van der Waals surface area contributed by atoms with E-state index in [1.54, 1.807) is 18.2 Å². The summed E-state index contributed by atoms with van der Waals surface area (Å²) in [5.74, 6) is -1.85. The third kappa shape index (κ3) is 8.18. The second-order valence-electron chi connectivity index (χ2n) is 11.7. The molecule has 10 heteroatoms. The summed E-state index contributed by atoms with van der Waals surface area (Å²) in [4.78, 5) is 26.4. The number of alkyl halides is 3. The maximum atomic E-state index is 14.2. The van der Waals surface area contributed by atoms with Crippen LogP contribution in [0, 0.1) is 5.82 Å². The predicted molar refractivity (Wildman–Crippen MR) is 166 cm³/mol. The van der Waals surface area contributed by atoms with Crippen molar-refractivity contribution in [2.75, 3.05) is 6.54 Å². The zero-order valence-corrected chi connectivity index (χ0v) is 25.2. The third-order valence-corrected chi connectivity index (χ3v) is 8.29. The lowest BCUT2D eigenvalue weighted by Crippen LogP contribution is -2.50. The first-order valence-corrected chi connectivity index (χ1v) is 15.1. The Morgan fingerprint density at radius 1 is 0.826 bits per heavy atom. The molecule has 46 heavy (non-hydrogen) atoms. The molecule has 1 aliphatic rings. The molecule has 4 N–H and O–H groups in total. The van der Waals surface area contributed by atoms with Crippen molar-refractivity contribution in [2.24, 2.45) is 0 Å². The van der Waals surface area contributed by atoms with Crippen molar-refractivity contribution in [1.82, 2.24) is 16.0 Å². The van der Waals surface area contributed by atoms with Crippen LogP contribution < -0.4 is 16.0 Å². The van der Waals surface area contributed by atoms with Crippen molar-refractivity contribution in [1.29, 1.82) is 0 Å². The van der Waals surface area contributed by atoms with Crippen LogP contribution in [0.5, 0.6) is 0 Å². The Labute approximate surface area is 264 Å². The second-order valence-corrected chi connectivity index (χ2v) is 11.7. The zero-order chi connectivity index (χ0) is 32.9. The molecular weight excluding hydrogens is 598 g/mol. The van der Waals surface area contributed by atoms with Crippen molar-refractivity contribution >= 4 is 11.8 Å². The average molecular weight is 634 g/mol. The van der Waals surface area contributed by atoms with Gasteiger partial charge >= 0.3 is 6.18 Å². The first-order valence-electron chi connectivity index (χ1n) is 15.1. The number of carbonyl (C=O) groups excluding carboxylic acids is 2. The smallest absolute Gasteiger partial charge is 0.390 e. The number of aliphatic hydroxyl groups excluding tert-OH is 1. The van der Waals surface area contributed by atoms with Gasteiger partial charge in [-0.05, 0) is 79.3 Å². The lowest BCUT2D eigenvalue weighted by atomic mass is 9.98. The van der Waals surface area contributed by atoms with E-state index in [0.717, 1.165) is 23.3 Å². The summed E-state index contributed by atoms with van der Waals surface area (Å²) >= 11 is 0. The van der Waals surface area contributed by atoms with Gasteiger partial charge in [-0.1, -0.05) is 66.7 Å². The molecule has 1 saturated carbocycles. The van der Waals surface area contributed by atoms with E-state index in [1.165, 1.54) is 6.07 Å². The van der Waals surface area contributed by atoms with Crippen molar-refractivity contribution in [3.63, 3.8) is 0 Å². The monoisotopic (exact) mass is 633 g/mol. The fourth-order valence-corrected chi connectivity index (χ4v) is 5.47. The quantitative estimate of drug-likeness (QED) is 0.138. The minimum Gasteiger partial charge on any atom is -0.390 e. The van der Waals surface area contributed by atoms with E-state index in [4.69, 9.17) is 0 Å². The lowest BCUT2D eigenvalue weighted by Gasteiger charge is -2.27. The van der Waals surface area contributed by atoms with Crippen LogP contribution in [-0.4, -0.2) is 35.6 Å². The van der Waals surface area contributed by atoms with Gasteiger partial charge in [0, 0.05) is 23.2 Å². The molecule has 5 rings (SSSR count). The summed E-state index contributed by atoms with van der Waals surface area (Å²) < 4.78 is 54.2. The summed E-state index contributed by atoms with van der Waals surface area (Å²) in [6.07, 6.45) is -4.66. The Bertz CT molecular complexity index is 1660. The van der Waals surface area contributed by atoms with Gasteiger partial charge in [0.15, 0.2) is 0 Å². The van der Waals surface area contributed by atoms with Crippen molar-refractivity contribution in [2.45, 2.75) is 56.1 Å². The highest BCUT2D eigenvalue weighted by Crippen LogP contribution is 2.47. The molecule has 0 unspecified atom stereocenters. The van der Waals surface area contributed by atoms with Gasteiger partial charge in [-0.25, -0.2) is 4.39 Å². The van der Waals surface area contributed by atoms with Crippen LogP contribution in [0.1, 0.15) is 68.8 Å². The van der Waals surface area contributed by atoms with Gasteiger partial charge in [-0.15, -0.1) is 0 Å². The summed E-state index contributed by atoms with van der Waals surface area (Å²) in [5.41, 5.74) is 0.460. The van der Waals surface area contributed by atoms with Gasteiger partial charge < -0.3 is 21.1 Å². The largest absolute Gasteiger partial charge is 0.416 e. The first kappa shape index (κ1) is 32.8. The molecule has 0 spiro atoms. The maximum absolute atomic E-state index is 14.2. The number of nitrogens with one attached hydrogen (secondary N) is 3. The van der Waals surface area contributed by atoms with Crippen LogP contribution in [0.15, 0.2) is 103 Å². The molecule has 0 bridgehead atoms. The van der Waals surface area contributed by atoms with Crippen LogP contribution in [0.3, 0.4) is 0 Å². The standard InChI is InChI=1S/C36H35F4N3O3/c1-23(25-11-6-3-7-12-25)42-33(45)26-13-8-14-27(18-26)34(46)43-31(17-24-9-4-2-5-10-24)32(44)22-41-35(15-16-35)28-19-29(36(38,39)40)21-30(37)20-28/h2-14,18-21,23,31-32,41,44H,15-17,22H2,1H3,(H,42,45)(H,43,46)/t23-,31+,32-/m1/s1. The van der Waals surface area contributed by atoms with Gasteiger partial charge in [-0.3, -0.25) is 9.59 Å². The Kier molecular flexibility index (Phi) is 9.88. The van der Waals surface area contributed by atoms with E-state index in [0.29, 0.717) is 24.5 Å². The average Bonchev–Trinajstić information content (AvgIpc) is 3.85. The molecule has 4 aromatic carbocycles. The molecule has 0 radical (unpaired) electrons. The van der Waals surface area contributed by atoms with E-state index in [1.807, 2.05) is 67.6 Å². The molecule has 1 aliphatic carbocycles. The Morgan fingerprint density at radius 2 is 1.43 bits per heavy atom. The maximum Gasteiger partial charge on any atom is 0.416 e. The van der Waals surface area contributed by atoms with Gasteiger partial charge in [0.2, 0.25) is 0 Å². The highest BCUT2D eigenvalue weighted by molar-refractivity contribution is 5.99. The number of halogens is 4. The van der Waals surface area contributed by atoms with E-state index in [9.17, 15) is 32.3 Å². The van der Waals surface area contributed by atoms with Crippen LogP contribution in [0.2, 0.25) is 0 Å². The Balaban J connectivity index is 1.29. The summed E-state index contributed by atoms with van der Waals surface area (Å²) in [7, 11) is 0. The molecule has 0 saturated heterocycles. The summed E-state index contributed by atoms with van der Waals surface area (Å²) in [5, 5.41) is 20.2. The fraction of sp³-hybridized carbons (Fsp3) is 0.278. The highest BCUT2D eigenvalue weighted by Gasteiger charge is 2.46. The number of hydrogen-bond donors (Lipinski definition) is 4. The molecular formula is C36H35F4N3O3. The number of amides is 2. The van der Waals surface area contributed by atoms with E-state index in [-0.39, 0.29) is 36.0 Å². The molecule has 4 aromatic rings. The number of hydrogen-bond acceptors (Lipinski definition) is 4. The van der Waals surface area contributed by atoms with E-state index < -0.39 is 41.1 Å². The predicted octanol–water partition coefficient (Wildman–Crippen LogP) is 6.32. The van der Waals surface area contributed by atoms with Crippen molar-refractivity contribution in [3.8, 4) is 0 Å². The summed E-state index contributed by atoms with van der Waals surface area (Å²) in [6, 6.07) is 26.4. The SMILES string of the molecule is C[C@@H](NC(=O)c1cccc(C(=O)N[C@@H](Cc2ccccc2)[C@H](O)CNC2(c3cc(F)cc(C(F)(F)F)c3)CC2)c1)c1ccccc1. The van der Waals surface area contributed by atoms with Crippen LogP contribution in [0.4, 0.5) is 17.6 Å². The molecule has 1 fully saturated rings. The van der Waals surface area contributed by atoms with Crippen LogP contribution in [0.25, 0.3) is 0 Å². The number of rotatable bonds is 12. The normalized spacial score (nSPS) is 15.8. The van der Waals surface area contributed by atoms with E-state index in [2.05, 4.69) is 16.0 Å². The Hall–Kier alpha value is -4.54. The van der Waals surface area contributed by atoms with Crippen molar-refractivity contribution < 1.29 is 32.3 Å². The highest BCUT2D eigenvalue weighted by atomic mass is 19.4. The van der Waals surface area contributed by atoms with Gasteiger partial charge in [0.25, 0.3) is 11.8 Å². The van der Waals surface area contributed by atoms with Crippen LogP contribution in [-0.2, 0) is 18.1 Å². The minimum atomic E-state index is -4.70. The second kappa shape index (κ2) is 13.8. The number of aliphatic hydroxyl groups is 1. The number of carbonyl (C=O) groups is 2. The molecule has 0 aliphatic heterocycles. The molecule has 2 amide bonds. The molecule has 6 nitrogen and oxygen atoms in total. The molecule has 0 aromatic heterocycles. The molecule has 3 atom stereocenters. The third-order valence-electron chi connectivity index (χ3n) is 8.29.